The van der Waals surface area contributed by atoms with E-state index in [0.717, 1.165) is 56.8 Å². The molecule has 0 radical (unpaired) electrons. The van der Waals surface area contributed by atoms with E-state index in [9.17, 15) is 14.4 Å². The number of ether oxygens (including phenoxy) is 2. The SMILES string of the molecule is CC(=O)c1ccc(-c2ccc(C(=O)NCC(=O)OC(C)(C)C)cc2COc2ccc(-c3nc4cc(-c5nn[nH]n5)ccc4n3C3CCCCC3)cc2)s1. The number of benzene rings is 3. The number of ketones is 1. The number of imidazole rings is 1. The highest BCUT2D eigenvalue weighted by molar-refractivity contribution is 7.17. The standard InChI is InChI=1S/C40H41N7O5S/c1-24(48)34-18-19-35(53-34)31-16-12-27(39(50)41-22-36(49)52-40(2,3)4)20-28(31)23-51-30-14-10-25(11-15-30)38-42-32-21-26(37-43-45-46-44-37)13-17-33(32)47(38)29-8-6-5-7-9-29/h10-21,29H,5-9,22-23H2,1-4H3,(H,41,50)(H,43,44,45,46). The summed E-state index contributed by atoms with van der Waals surface area (Å²) in [5.41, 5.74) is 5.09. The molecule has 12 nitrogen and oxygen atoms in total. The van der Waals surface area contributed by atoms with E-state index in [-0.39, 0.29) is 18.9 Å². The number of nitrogens with zero attached hydrogens (tertiary/aromatic N) is 5. The van der Waals surface area contributed by atoms with Crippen LogP contribution < -0.4 is 10.1 Å². The molecule has 3 aromatic heterocycles. The van der Waals surface area contributed by atoms with Crippen LogP contribution in [-0.2, 0) is 16.1 Å². The van der Waals surface area contributed by atoms with E-state index < -0.39 is 17.5 Å². The van der Waals surface area contributed by atoms with Crippen molar-refractivity contribution in [3.8, 4) is 39.0 Å². The monoisotopic (exact) mass is 731 g/mol. The number of hydrogen-bond acceptors (Lipinski definition) is 10. The summed E-state index contributed by atoms with van der Waals surface area (Å²) >= 11 is 1.39. The Bertz CT molecular complexity index is 2260. The summed E-state index contributed by atoms with van der Waals surface area (Å²) < 4.78 is 14.0. The van der Waals surface area contributed by atoms with Gasteiger partial charge in [-0.2, -0.15) is 5.21 Å². The summed E-state index contributed by atoms with van der Waals surface area (Å²) in [6, 6.07) is 23.4. The molecule has 1 aliphatic rings. The Kier molecular flexibility index (Phi) is 10.2. The van der Waals surface area contributed by atoms with Crippen LogP contribution >= 0.6 is 11.3 Å². The molecule has 1 amide bonds. The molecular weight excluding hydrogens is 691 g/mol. The normalized spacial score (nSPS) is 13.6. The van der Waals surface area contributed by atoms with E-state index in [2.05, 4.69) is 36.6 Å². The molecule has 0 spiro atoms. The molecule has 2 N–H and O–H groups in total. The van der Waals surface area contributed by atoms with Crippen LogP contribution in [0.5, 0.6) is 5.75 Å². The minimum absolute atomic E-state index is 0.0123. The largest absolute Gasteiger partial charge is 0.489 e. The average molecular weight is 732 g/mol. The lowest BCUT2D eigenvalue weighted by atomic mass is 9.95. The fraction of sp³-hybridized carbons (Fsp3) is 0.325. The molecule has 0 bridgehead atoms. The predicted molar refractivity (Wildman–Crippen MR) is 203 cm³/mol. The highest BCUT2D eigenvalue weighted by atomic mass is 32.1. The number of tetrazole rings is 1. The number of H-pyrrole nitrogens is 1. The molecule has 3 heterocycles. The van der Waals surface area contributed by atoms with Crippen LogP contribution in [0.25, 0.3) is 44.2 Å². The number of aromatic amines is 1. The van der Waals surface area contributed by atoms with Crippen molar-refractivity contribution in [1.82, 2.24) is 35.5 Å². The Morgan fingerprint density at radius 3 is 2.42 bits per heavy atom. The van der Waals surface area contributed by atoms with Gasteiger partial charge in [-0.25, -0.2) is 4.98 Å². The van der Waals surface area contributed by atoms with Crippen molar-refractivity contribution in [2.24, 2.45) is 0 Å². The second-order valence-corrected chi connectivity index (χ2v) is 15.3. The molecule has 6 aromatic rings. The van der Waals surface area contributed by atoms with Gasteiger partial charge in [-0.3, -0.25) is 14.4 Å². The molecule has 1 fully saturated rings. The topological polar surface area (TPSA) is 154 Å². The highest BCUT2D eigenvalue weighted by Crippen LogP contribution is 2.38. The van der Waals surface area contributed by atoms with E-state index >= 15 is 0 Å². The van der Waals surface area contributed by atoms with Gasteiger partial charge in [-0.1, -0.05) is 25.3 Å². The first kappa shape index (κ1) is 35.7. The van der Waals surface area contributed by atoms with Crippen LogP contribution in [0.4, 0.5) is 0 Å². The molecule has 1 saturated carbocycles. The van der Waals surface area contributed by atoms with E-state index in [1.807, 2.05) is 48.5 Å². The second kappa shape index (κ2) is 15.1. The maximum absolute atomic E-state index is 13.1. The number of thiophene rings is 1. The van der Waals surface area contributed by atoms with Crippen molar-refractivity contribution in [2.45, 2.75) is 78.0 Å². The number of Topliss-reactive ketones (excluding diaryl/α,β-unsaturated/α-hetero) is 1. The summed E-state index contributed by atoms with van der Waals surface area (Å²) in [5, 5.41) is 17.2. The average Bonchev–Trinajstić information content (AvgIpc) is 3.93. The van der Waals surface area contributed by atoms with Crippen LogP contribution in [0.1, 0.15) is 91.4 Å². The Morgan fingerprint density at radius 1 is 0.943 bits per heavy atom. The molecule has 0 saturated heterocycles. The third-order valence-corrected chi connectivity index (χ3v) is 10.4. The summed E-state index contributed by atoms with van der Waals surface area (Å²) in [6.45, 7) is 6.77. The van der Waals surface area contributed by atoms with Crippen LogP contribution in [0, 0.1) is 0 Å². The van der Waals surface area contributed by atoms with Crippen LogP contribution in [0.2, 0.25) is 0 Å². The van der Waals surface area contributed by atoms with Crippen molar-refractivity contribution in [3.63, 3.8) is 0 Å². The van der Waals surface area contributed by atoms with Gasteiger partial charge in [0.15, 0.2) is 5.78 Å². The van der Waals surface area contributed by atoms with Gasteiger partial charge in [-0.15, -0.1) is 21.5 Å². The lowest BCUT2D eigenvalue weighted by Gasteiger charge is -2.25. The number of fused-ring (bicyclic) bond motifs is 1. The molecule has 1 aliphatic carbocycles. The second-order valence-electron chi connectivity index (χ2n) is 14.2. The molecule has 272 valence electrons. The molecule has 0 unspecified atom stereocenters. The van der Waals surface area contributed by atoms with Gasteiger partial charge in [-0.05, 0) is 124 Å². The van der Waals surface area contributed by atoms with Crippen molar-refractivity contribution >= 4 is 40.0 Å². The van der Waals surface area contributed by atoms with Crippen molar-refractivity contribution in [1.29, 1.82) is 0 Å². The number of amides is 1. The van der Waals surface area contributed by atoms with Gasteiger partial charge >= 0.3 is 5.97 Å². The molecular formula is C40H41N7O5S. The van der Waals surface area contributed by atoms with Gasteiger partial charge < -0.3 is 19.4 Å². The Morgan fingerprint density at radius 2 is 1.72 bits per heavy atom. The number of nitrogens with one attached hydrogen (secondary N) is 2. The van der Waals surface area contributed by atoms with Gasteiger partial charge in [0.2, 0.25) is 5.82 Å². The number of hydrogen-bond donors (Lipinski definition) is 2. The maximum Gasteiger partial charge on any atom is 0.325 e. The number of aromatic nitrogens is 6. The Balaban J connectivity index is 1.14. The summed E-state index contributed by atoms with van der Waals surface area (Å²) in [7, 11) is 0. The van der Waals surface area contributed by atoms with Crippen LogP contribution in [-0.4, -0.2) is 60.0 Å². The lowest BCUT2D eigenvalue weighted by molar-refractivity contribution is -0.153. The van der Waals surface area contributed by atoms with Crippen molar-refractivity contribution in [3.05, 3.63) is 88.8 Å². The zero-order valence-electron chi connectivity index (χ0n) is 30.1. The molecule has 0 aliphatic heterocycles. The highest BCUT2D eigenvalue weighted by Gasteiger charge is 2.24. The lowest BCUT2D eigenvalue weighted by Crippen LogP contribution is -2.34. The molecule has 0 atom stereocenters. The minimum Gasteiger partial charge on any atom is -0.489 e. The van der Waals surface area contributed by atoms with Crippen molar-refractivity contribution in [2.75, 3.05) is 6.54 Å². The smallest absolute Gasteiger partial charge is 0.325 e. The van der Waals surface area contributed by atoms with Crippen molar-refractivity contribution < 1.29 is 23.9 Å². The first-order chi connectivity index (χ1) is 25.5. The van der Waals surface area contributed by atoms with Gasteiger partial charge in [0, 0.05) is 27.6 Å². The molecule has 7 rings (SSSR count). The van der Waals surface area contributed by atoms with Crippen LogP contribution in [0.15, 0.2) is 72.8 Å². The summed E-state index contributed by atoms with van der Waals surface area (Å²) in [6.07, 6.45) is 5.83. The summed E-state index contributed by atoms with van der Waals surface area (Å²) in [4.78, 5) is 44.1. The number of carbonyl (C=O) groups is 3. The van der Waals surface area contributed by atoms with E-state index in [4.69, 9.17) is 14.5 Å². The third-order valence-electron chi connectivity index (χ3n) is 9.14. The third kappa shape index (κ3) is 8.20. The van der Waals surface area contributed by atoms with E-state index in [1.165, 1.54) is 30.6 Å². The minimum atomic E-state index is -0.656. The summed E-state index contributed by atoms with van der Waals surface area (Å²) in [5.74, 6) is 1.13. The number of esters is 1. The number of carbonyl (C=O) groups excluding carboxylic acids is 3. The van der Waals surface area contributed by atoms with Gasteiger partial charge in [0.25, 0.3) is 5.91 Å². The zero-order chi connectivity index (χ0) is 37.1. The van der Waals surface area contributed by atoms with Gasteiger partial charge in [0.1, 0.15) is 30.3 Å². The van der Waals surface area contributed by atoms with Crippen LogP contribution in [0.3, 0.4) is 0 Å². The first-order valence-electron chi connectivity index (χ1n) is 17.8. The van der Waals surface area contributed by atoms with Gasteiger partial charge in [0.05, 0.1) is 15.9 Å². The zero-order valence-corrected chi connectivity index (χ0v) is 31.0. The Hall–Kier alpha value is -5.69. The Labute approximate surface area is 310 Å². The predicted octanol–water partition coefficient (Wildman–Crippen LogP) is 7.97. The maximum atomic E-state index is 13.1. The quantitative estimate of drug-likeness (QED) is 0.0998. The molecule has 3 aromatic carbocycles. The molecule has 13 heteroatoms. The fourth-order valence-corrected chi connectivity index (χ4v) is 7.66. The first-order valence-corrected chi connectivity index (χ1v) is 18.6. The fourth-order valence-electron chi connectivity index (χ4n) is 6.69. The number of rotatable bonds is 11. The van der Waals surface area contributed by atoms with E-state index in [0.29, 0.717) is 28.1 Å². The molecule has 53 heavy (non-hydrogen) atoms. The van der Waals surface area contributed by atoms with E-state index in [1.54, 1.807) is 45.9 Å².